The Kier molecular flexibility index (Phi) is 6.79. The minimum atomic E-state index is -0.0715. The highest BCUT2D eigenvalue weighted by atomic mass is 16.5. The lowest BCUT2D eigenvalue weighted by Gasteiger charge is -2.42. The first kappa shape index (κ1) is 21.6. The number of ether oxygens (including phenoxy) is 1. The summed E-state index contributed by atoms with van der Waals surface area (Å²) in [6.07, 6.45) is 2.84. The Labute approximate surface area is 172 Å². The number of hydrogen-bond acceptors (Lipinski definition) is 8. The van der Waals surface area contributed by atoms with Crippen molar-refractivity contribution in [3.05, 3.63) is 0 Å². The van der Waals surface area contributed by atoms with Crippen molar-refractivity contribution in [2.75, 3.05) is 45.1 Å². The van der Waals surface area contributed by atoms with Gasteiger partial charge in [0.05, 0.1) is 6.61 Å². The first-order valence-electron chi connectivity index (χ1n) is 10.6. The molecule has 0 radical (unpaired) electrons. The molecule has 2 aromatic rings. The molecule has 0 amide bonds. The van der Waals surface area contributed by atoms with Crippen LogP contribution in [0.2, 0.25) is 0 Å². The van der Waals surface area contributed by atoms with Crippen molar-refractivity contribution in [1.82, 2.24) is 29.3 Å². The van der Waals surface area contributed by atoms with Gasteiger partial charge in [0.1, 0.15) is 0 Å². The molecule has 3 N–H and O–H groups in total. The summed E-state index contributed by atoms with van der Waals surface area (Å²) in [6, 6.07) is -0.0715. The van der Waals surface area contributed by atoms with Crippen molar-refractivity contribution in [1.29, 1.82) is 0 Å². The number of anilines is 1. The van der Waals surface area contributed by atoms with Gasteiger partial charge in [-0.25, -0.2) is 0 Å². The van der Waals surface area contributed by atoms with Crippen LogP contribution in [0.15, 0.2) is 0 Å². The number of hydrogen-bond donors (Lipinski definition) is 2. The summed E-state index contributed by atoms with van der Waals surface area (Å²) in [6.45, 7) is 15.4. The average Bonchev–Trinajstić information content (AvgIpc) is 2.97. The Morgan fingerprint density at radius 2 is 1.76 bits per heavy atom. The maximum absolute atomic E-state index is 10.3. The lowest BCUT2D eigenvalue weighted by Crippen LogP contribution is -2.53. The molecule has 3 heterocycles. The van der Waals surface area contributed by atoms with E-state index in [1.165, 1.54) is 0 Å². The fourth-order valence-electron chi connectivity index (χ4n) is 3.73. The molecule has 0 spiro atoms. The zero-order valence-corrected chi connectivity index (χ0v) is 18.2. The van der Waals surface area contributed by atoms with E-state index in [2.05, 4.69) is 52.4 Å². The second-order valence-electron chi connectivity index (χ2n) is 8.68. The molecule has 0 aromatic carbocycles. The molecule has 9 heteroatoms. The molecule has 0 unspecified atom stereocenters. The van der Waals surface area contributed by atoms with Gasteiger partial charge >= 0.3 is 0 Å². The van der Waals surface area contributed by atoms with E-state index in [0.29, 0.717) is 30.2 Å². The zero-order chi connectivity index (χ0) is 21.0. The van der Waals surface area contributed by atoms with Crippen molar-refractivity contribution in [2.45, 2.75) is 59.0 Å². The molecule has 1 saturated heterocycles. The van der Waals surface area contributed by atoms with E-state index >= 15 is 0 Å². The highest BCUT2D eigenvalue weighted by Gasteiger charge is 2.25. The fraction of sp³-hybridized carbons (Fsp3) is 0.750. The van der Waals surface area contributed by atoms with Crippen LogP contribution < -0.4 is 10.5 Å². The Balaban J connectivity index is 1.63. The van der Waals surface area contributed by atoms with E-state index in [9.17, 15) is 5.11 Å². The minimum Gasteiger partial charge on any atom is -0.480 e. The predicted molar refractivity (Wildman–Crippen MR) is 114 cm³/mol. The normalized spacial score (nSPS) is 16.6. The number of piperazine rings is 1. The topological polar surface area (TPSA) is 106 Å². The summed E-state index contributed by atoms with van der Waals surface area (Å²) < 4.78 is 7.55. The van der Waals surface area contributed by atoms with E-state index in [0.717, 1.165) is 52.0 Å². The van der Waals surface area contributed by atoms with E-state index < -0.39 is 0 Å². The van der Waals surface area contributed by atoms with Gasteiger partial charge in [0, 0.05) is 38.3 Å². The molecule has 3 rings (SSSR count). The predicted octanol–water partition coefficient (Wildman–Crippen LogP) is 2.10. The van der Waals surface area contributed by atoms with Crippen LogP contribution in [-0.2, 0) is 6.54 Å². The Morgan fingerprint density at radius 3 is 2.41 bits per heavy atom. The minimum absolute atomic E-state index is 0.0715. The molecule has 0 atom stereocenters. The Hall–Kier alpha value is -2.13. The monoisotopic (exact) mass is 405 g/mol. The highest BCUT2D eigenvalue weighted by molar-refractivity contribution is 5.79. The van der Waals surface area contributed by atoms with Crippen molar-refractivity contribution in [3.8, 4) is 11.9 Å². The van der Waals surface area contributed by atoms with Crippen LogP contribution in [-0.4, -0.2) is 79.3 Å². The van der Waals surface area contributed by atoms with Gasteiger partial charge in [-0.2, -0.15) is 15.0 Å². The molecule has 1 aliphatic heterocycles. The molecule has 1 aliphatic rings. The quantitative estimate of drug-likeness (QED) is 0.643. The summed E-state index contributed by atoms with van der Waals surface area (Å²) in [5.74, 6) is 0.498. The fourth-order valence-corrected chi connectivity index (χ4v) is 3.73. The number of fused-ring (bicyclic) bond motifs is 1. The van der Waals surface area contributed by atoms with Crippen LogP contribution in [0.1, 0.15) is 47.0 Å². The van der Waals surface area contributed by atoms with Crippen LogP contribution in [0.25, 0.3) is 11.2 Å². The van der Waals surface area contributed by atoms with Crippen LogP contribution in [0, 0.1) is 0 Å². The largest absolute Gasteiger partial charge is 0.480 e. The summed E-state index contributed by atoms with van der Waals surface area (Å²) in [4.78, 5) is 17.5. The van der Waals surface area contributed by atoms with Gasteiger partial charge in [0.25, 0.3) is 6.01 Å². The number of unbranched alkanes of at least 4 members (excludes halogenated alkanes) is 1. The van der Waals surface area contributed by atoms with Crippen LogP contribution in [0.4, 0.5) is 5.95 Å². The van der Waals surface area contributed by atoms with Crippen molar-refractivity contribution in [3.63, 3.8) is 0 Å². The van der Waals surface area contributed by atoms with Crippen molar-refractivity contribution >= 4 is 17.1 Å². The lowest BCUT2D eigenvalue weighted by molar-refractivity contribution is 0.0613. The standard InChI is InChI=1S/C20H35N7O2/c1-5-6-14-29-17-15-16(22-18(21)24-17)23-19(28)27(15)9-7-8-25-10-12-26(13-11-25)20(2,3)4/h5-14H2,1-4H3,(H3,21,22,23,24,28). The van der Waals surface area contributed by atoms with Gasteiger partial charge in [0.2, 0.25) is 11.8 Å². The third-order valence-corrected chi connectivity index (χ3v) is 5.48. The first-order chi connectivity index (χ1) is 13.8. The number of imidazole rings is 1. The summed E-state index contributed by atoms with van der Waals surface area (Å²) in [7, 11) is 0. The average molecular weight is 406 g/mol. The maximum atomic E-state index is 10.3. The smallest absolute Gasteiger partial charge is 0.296 e. The van der Waals surface area contributed by atoms with E-state index in [1.807, 2.05) is 0 Å². The molecular formula is C20H35N7O2. The first-order valence-corrected chi connectivity index (χ1v) is 10.6. The number of nitrogens with two attached hydrogens (primary N) is 1. The number of aryl methyl sites for hydroxylation is 1. The Morgan fingerprint density at radius 1 is 1.03 bits per heavy atom. The molecule has 162 valence electrons. The maximum Gasteiger partial charge on any atom is 0.296 e. The third-order valence-electron chi connectivity index (χ3n) is 5.48. The molecule has 29 heavy (non-hydrogen) atoms. The molecule has 0 bridgehead atoms. The molecule has 0 aliphatic carbocycles. The third kappa shape index (κ3) is 5.27. The molecule has 2 aromatic heterocycles. The number of nitrogens with zero attached hydrogens (tertiary/aromatic N) is 6. The van der Waals surface area contributed by atoms with Gasteiger partial charge < -0.3 is 20.5 Å². The second kappa shape index (κ2) is 9.13. The number of nitrogen functional groups attached to an aromatic ring is 1. The van der Waals surface area contributed by atoms with Gasteiger partial charge in [0.15, 0.2) is 11.2 Å². The number of rotatable bonds is 8. The SMILES string of the molecule is CCCCOc1nc(N)nc2nc(O)n(CCCN3CCN(C(C)(C)C)CC3)c12. The van der Waals surface area contributed by atoms with E-state index in [-0.39, 0.29) is 17.5 Å². The molecular weight excluding hydrogens is 370 g/mol. The van der Waals surface area contributed by atoms with Crippen LogP contribution >= 0.6 is 0 Å². The Bertz CT molecular complexity index is 807. The second-order valence-corrected chi connectivity index (χ2v) is 8.68. The van der Waals surface area contributed by atoms with Crippen molar-refractivity contribution < 1.29 is 9.84 Å². The molecule has 0 saturated carbocycles. The molecule has 9 nitrogen and oxygen atoms in total. The molecule has 1 fully saturated rings. The van der Waals surface area contributed by atoms with Crippen LogP contribution in [0.5, 0.6) is 11.9 Å². The summed E-state index contributed by atoms with van der Waals surface area (Å²) >= 11 is 0. The van der Waals surface area contributed by atoms with Gasteiger partial charge in [-0.1, -0.05) is 13.3 Å². The highest BCUT2D eigenvalue weighted by Crippen LogP contribution is 2.28. The van der Waals surface area contributed by atoms with Crippen molar-refractivity contribution in [2.24, 2.45) is 0 Å². The van der Waals surface area contributed by atoms with Gasteiger partial charge in [-0.15, -0.1) is 0 Å². The van der Waals surface area contributed by atoms with E-state index in [1.54, 1.807) is 4.57 Å². The van der Waals surface area contributed by atoms with Gasteiger partial charge in [-0.3, -0.25) is 9.47 Å². The summed E-state index contributed by atoms with van der Waals surface area (Å²) in [5, 5.41) is 10.3. The zero-order valence-electron chi connectivity index (χ0n) is 18.2. The number of aromatic hydroxyl groups is 1. The van der Waals surface area contributed by atoms with Crippen LogP contribution in [0.3, 0.4) is 0 Å². The number of aromatic nitrogens is 4. The lowest BCUT2D eigenvalue weighted by atomic mass is 10.0. The van der Waals surface area contributed by atoms with E-state index in [4.69, 9.17) is 10.5 Å². The summed E-state index contributed by atoms with van der Waals surface area (Å²) in [5.41, 5.74) is 7.00. The van der Waals surface area contributed by atoms with Gasteiger partial charge in [-0.05, 0) is 40.2 Å².